The van der Waals surface area contributed by atoms with Crippen LogP contribution >= 0.6 is 0 Å². The van der Waals surface area contributed by atoms with Crippen molar-refractivity contribution >= 4 is 5.91 Å². The zero-order chi connectivity index (χ0) is 12.3. The van der Waals surface area contributed by atoms with Gasteiger partial charge in [-0.05, 0) is 44.0 Å². The Morgan fingerprint density at radius 2 is 2.18 bits per heavy atom. The summed E-state index contributed by atoms with van der Waals surface area (Å²) in [6.45, 7) is 2.81. The molecule has 1 aliphatic rings. The number of benzene rings is 1. The van der Waals surface area contributed by atoms with E-state index in [-0.39, 0.29) is 23.8 Å². The molecule has 17 heavy (non-hydrogen) atoms. The predicted molar refractivity (Wildman–Crippen MR) is 64.0 cm³/mol. The molecule has 4 heteroatoms. The third-order valence-electron chi connectivity index (χ3n) is 3.11. The van der Waals surface area contributed by atoms with Gasteiger partial charge in [0, 0.05) is 0 Å². The molecule has 1 fully saturated rings. The van der Waals surface area contributed by atoms with Gasteiger partial charge in [-0.25, -0.2) is 4.39 Å². The van der Waals surface area contributed by atoms with Crippen molar-refractivity contribution in [2.75, 3.05) is 6.54 Å². The Bertz CT molecular complexity index is 385. The first kappa shape index (κ1) is 12.0. The van der Waals surface area contributed by atoms with E-state index in [4.69, 9.17) is 0 Å². The molecule has 1 aromatic rings. The SMILES string of the molecule is CC(NC(=O)[C@@H]1CCCN1)c1ccc(F)cc1. The fourth-order valence-electron chi connectivity index (χ4n) is 2.06. The highest BCUT2D eigenvalue weighted by Crippen LogP contribution is 2.14. The molecule has 0 radical (unpaired) electrons. The summed E-state index contributed by atoms with van der Waals surface area (Å²) >= 11 is 0. The number of carbonyl (C=O) groups excluding carboxylic acids is 1. The molecular weight excluding hydrogens is 219 g/mol. The lowest BCUT2D eigenvalue weighted by Crippen LogP contribution is -2.41. The van der Waals surface area contributed by atoms with Crippen LogP contribution in [0.1, 0.15) is 31.4 Å². The summed E-state index contributed by atoms with van der Waals surface area (Å²) in [5.41, 5.74) is 0.915. The number of hydrogen-bond acceptors (Lipinski definition) is 2. The molecule has 2 rings (SSSR count). The van der Waals surface area contributed by atoms with Crippen molar-refractivity contribution in [1.82, 2.24) is 10.6 Å². The summed E-state index contributed by atoms with van der Waals surface area (Å²) in [4.78, 5) is 11.8. The van der Waals surface area contributed by atoms with E-state index < -0.39 is 0 Å². The molecule has 1 aromatic carbocycles. The van der Waals surface area contributed by atoms with Crippen LogP contribution in [0, 0.1) is 5.82 Å². The largest absolute Gasteiger partial charge is 0.348 e. The molecule has 0 saturated carbocycles. The summed E-state index contributed by atoms with van der Waals surface area (Å²) in [6.07, 6.45) is 1.94. The van der Waals surface area contributed by atoms with Crippen molar-refractivity contribution in [1.29, 1.82) is 0 Å². The average Bonchev–Trinajstić information content (AvgIpc) is 2.83. The van der Waals surface area contributed by atoms with Crippen molar-refractivity contribution in [3.63, 3.8) is 0 Å². The van der Waals surface area contributed by atoms with E-state index in [1.54, 1.807) is 12.1 Å². The van der Waals surface area contributed by atoms with Crippen LogP contribution in [0.2, 0.25) is 0 Å². The Kier molecular flexibility index (Phi) is 3.74. The standard InChI is InChI=1S/C13H17FN2O/c1-9(10-4-6-11(14)7-5-10)16-13(17)12-3-2-8-15-12/h4-7,9,12,15H,2-3,8H2,1H3,(H,16,17)/t9?,12-/m0/s1. The number of halogens is 1. The Morgan fingerprint density at radius 1 is 1.47 bits per heavy atom. The maximum absolute atomic E-state index is 12.8. The predicted octanol–water partition coefficient (Wildman–Crippen LogP) is 1.75. The fraction of sp³-hybridized carbons (Fsp3) is 0.462. The van der Waals surface area contributed by atoms with Crippen LogP contribution in [0.15, 0.2) is 24.3 Å². The third kappa shape index (κ3) is 3.03. The van der Waals surface area contributed by atoms with E-state index in [0.29, 0.717) is 0 Å². The van der Waals surface area contributed by atoms with Crippen LogP contribution in [0.3, 0.4) is 0 Å². The van der Waals surface area contributed by atoms with Gasteiger partial charge >= 0.3 is 0 Å². The smallest absolute Gasteiger partial charge is 0.237 e. The van der Waals surface area contributed by atoms with E-state index in [9.17, 15) is 9.18 Å². The maximum Gasteiger partial charge on any atom is 0.237 e. The fourth-order valence-corrected chi connectivity index (χ4v) is 2.06. The van der Waals surface area contributed by atoms with Crippen molar-refractivity contribution in [2.45, 2.75) is 31.8 Å². The monoisotopic (exact) mass is 236 g/mol. The molecule has 3 nitrogen and oxygen atoms in total. The minimum atomic E-state index is -0.260. The first-order chi connectivity index (χ1) is 8.16. The topological polar surface area (TPSA) is 41.1 Å². The van der Waals surface area contributed by atoms with Gasteiger partial charge < -0.3 is 10.6 Å². The number of rotatable bonds is 3. The van der Waals surface area contributed by atoms with Crippen molar-refractivity contribution in [2.24, 2.45) is 0 Å². The van der Waals surface area contributed by atoms with Gasteiger partial charge in [0.25, 0.3) is 0 Å². The molecule has 0 bridgehead atoms. The highest BCUT2D eigenvalue weighted by atomic mass is 19.1. The van der Waals surface area contributed by atoms with Gasteiger partial charge in [-0.1, -0.05) is 12.1 Å². The van der Waals surface area contributed by atoms with Gasteiger partial charge in [0.1, 0.15) is 5.82 Å². The first-order valence-corrected chi connectivity index (χ1v) is 5.96. The number of carbonyl (C=O) groups is 1. The molecule has 1 saturated heterocycles. The molecule has 2 N–H and O–H groups in total. The normalized spacial score (nSPS) is 21.2. The average molecular weight is 236 g/mol. The van der Waals surface area contributed by atoms with Crippen molar-refractivity contribution in [3.05, 3.63) is 35.6 Å². The summed E-state index contributed by atoms with van der Waals surface area (Å²) in [5, 5.41) is 6.08. The summed E-state index contributed by atoms with van der Waals surface area (Å²) < 4.78 is 12.8. The van der Waals surface area contributed by atoms with E-state index in [0.717, 1.165) is 24.9 Å². The lowest BCUT2D eigenvalue weighted by Gasteiger charge is -2.17. The molecule has 92 valence electrons. The Labute approximate surface area is 100 Å². The van der Waals surface area contributed by atoms with Gasteiger partial charge in [-0.2, -0.15) is 0 Å². The van der Waals surface area contributed by atoms with Crippen LogP contribution in [-0.4, -0.2) is 18.5 Å². The molecule has 1 aliphatic heterocycles. The van der Waals surface area contributed by atoms with Crippen molar-refractivity contribution < 1.29 is 9.18 Å². The molecule has 0 aliphatic carbocycles. The third-order valence-corrected chi connectivity index (χ3v) is 3.11. The van der Waals surface area contributed by atoms with Crippen LogP contribution < -0.4 is 10.6 Å². The van der Waals surface area contributed by atoms with Crippen LogP contribution in [0.25, 0.3) is 0 Å². The van der Waals surface area contributed by atoms with Crippen LogP contribution in [-0.2, 0) is 4.79 Å². The molecular formula is C13H17FN2O. The molecule has 0 aromatic heterocycles. The van der Waals surface area contributed by atoms with Crippen molar-refractivity contribution in [3.8, 4) is 0 Å². The van der Waals surface area contributed by atoms with Crippen LogP contribution in [0.5, 0.6) is 0 Å². The Hall–Kier alpha value is -1.42. The summed E-state index contributed by atoms with van der Waals surface area (Å²) in [6, 6.07) is 6.05. The zero-order valence-electron chi connectivity index (χ0n) is 9.87. The number of nitrogens with one attached hydrogen (secondary N) is 2. The second kappa shape index (κ2) is 5.27. The Balaban J connectivity index is 1.93. The number of hydrogen-bond donors (Lipinski definition) is 2. The molecule has 0 spiro atoms. The first-order valence-electron chi connectivity index (χ1n) is 5.96. The lowest BCUT2D eigenvalue weighted by atomic mass is 10.1. The van der Waals surface area contributed by atoms with Gasteiger partial charge in [0.15, 0.2) is 0 Å². The highest BCUT2D eigenvalue weighted by Gasteiger charge is 2.23. The van der Waals surface area contributed by atoms with E-state index in [2.05, 4.69) is 10.6 Å². The van der Waals surface area contributed by atoms with Crippen LogP contribution in [0.4, 0.5) is 4.39 Å². The van der Waals surface area contributed by atoms with Gasteiger partial charge in [-0.3, -0.25) is 4.79 Å². The minimum absolute atomic E-state index is 0.0272. The second-order valence-corrected chi connectivity index (χ2v) is 4.43. The van der Waals surface area contributed by atoms with Gasteiger partial charge in [-0.15, -0.1) is 0 Å². The summed E-state index contributed by atoms with van der Waals surface area (Å²) in [7, 11) is 0. The molecule has 2 atom stereocenters. The van der Waals surface area contributed by atoms with E-state index in [1.165, 1.54) is 12.1 Å². The van der Waals surface area contributed by atoms with E-state index >= 15 is 0 Å². The molecule has 1 heterocycles. The second-order valence-electron chi connectivity index (χ2n) is 4.43. The van der Waals surface area contributed by atoms with Gasteiger partial charge in [0.05, 0.1) is 12.1 Å². The number of amides is 1. The lowest BCUT2D eigenvalue weighted by molar-refractivity contribution is -0.123. The zero-order valence-corrected chi connectivity index (χ0v) is 9.87. The van der Waals surface area contributed by atoms with Gasteiger partial charge in [0.2, 0.25) is 5.91 Å². The molecule has 1 unspecified atom stereocenters. The maximum atomic E-state index is 12.8. The highest BCUT2D eigenvalue weighted by molar-refractivity contribution is 5.82. The quantitative estimate of drug-likeness (QED) is 0.839. The summed E-state index contributed by atoms with van der Waals surface area (Å²) in [5.74, 6) is -0.232. The molecule has 1 amide bonds. The minimum Gasteiger partial charge on any atom is -0.348 e. The Morgan fingerprint density at radius 3 is 2.76 bits per heavy atom. The van der Waals surface area contributed by atoms with E-state index in [1.807, 2.05) is 6.92 Å².